The fourth-order valence-electron chi connectivity index (χ4n) is 2.00. The molecule has 0 unspecified atom stereocenters. The van der Waals surface area contributed by atoms with Gasteiger partial charge in [-0.15, -0.1) is 0 Å². The van der Waals surface area contributed by atoms with Crippen LogP contribution in [-0.2, 0) is 0 Å². The van der Waals surface area contributed by atoms with Crippen molar-refractivity contribution in [3.05, 3.63) is 42.2 Å². The minimum absolute atomic E-state index is 0.263. The number of aliphatic imine (C=N–C) groups is 1. The summed E-state index contributed by atoms with van der Waals surface area (Å²) in [5.74, 6) is 0.263. The fourth-order valence-corrected chi connectivity index (χ4v) is 2.00. The van der Waals surface area contributed by atoms with Gasteiger partial charge in [-0.3, -0.25) is 0 Å². The van der Waals surface area contributed by atoms with Crippen LogP contribution in [0.1, 0.15) is 5.56 Å². The fraction of sp³-hybridized carbons (Fsp3) is 0. The Balaban J connectivity index is 2.32. The van der Waals surface area contributed by atoms with E-state index in [9.17, 15) is 0 Å². The third-order valence-electron chi connectivity index (χ3n) is 2.88. The van der Waals surface area contributed by atoms with E-state index >= 15 is 0 Å². The van der Waals surface area contributed by atoms with E-state index < -0.39 is 0 Å². The number of nitriles is 1. The lowest BCUT2D eigenvalue weighted by molar-refractivity contribution is 1.13. The molecule has 0 radical (unpaired) electrons. The largest absolute Gasteiger partial charge is 0.360 e. The van der Waals surface area contributed by atoms with Crippen LogP contribution in [0.3, 0.4) is 0 Å². The second kappa shape index (κ2) is 4.35. The highest BCUT2D eigenvalue weighted by atomic mass is 15.0. The van der Waals surface area contributed by atoms with Crippen LogP contribution in [0, 0.1) is 11.3 Å². The van der Waals surface area contributed by atoms with Crippen molar-refractivity contribution < 1.29 is 0 Å². The zero-order valence-electron chi connectivity index (χ0n) is 9.96. The molecule has 1 aromatic carbocycles. The number of hydrogen-bond donors (Lipinski definition) is 1. The number of aromatic amines is 1. The highest BCUT2D eigenvalue weighted by Gasteiger charge is 2.13. The first-order valence-electron chi connectivity index (χ1n) is 5.64. The summed E-state index contributed by atoms with van der Waals surface area (Å²) >= 11 is 0. The van der Waals surface area contributed by atoms with Crippen LogP contribution in [0.25, 0.3) is 22.2 Å². The molecule has 0 aliphatic rings. The lowest BCUT2D eigenvalue weighted by Gasteiger charge is -2.02. The molecule has 0 atom stereocenters. The summed E-state index contributed by atoms with van der Waals surface area (Å²) in [5, 5.41) is 10.2. The van der Waals surface area contributed by atoms with E-state index in [4.69, 9.17) is 5.26 Å². The van der Waals surface area contributed by atoms with Gasteiger partial charge in [0, 0.05) is 22.7 Å². The van der Waals surface area contributed by atoms with Gasteiger partial charge in [-0.05, 0) is 12.8 Å². The van der Waals surface area contributed by atoms with E-state index in [2.05, 4.69) is 32.7 Å². The van der Waals surface area contributed by atoms with Gasteiger partial charge in [0.25, 0.3) is 0 Å². The molecule has 3 aromatic rings. The number of nitrogens with zero attached hydrogens (tertiary/aromatic N) is 4. The Morgan fingerprint density at radius 1 is 1.32 bits per heavy atom. The molecular formula is C14H9N5. The van der Waals surface area contributed by atoms with Crippen LogP contribution in [-0.4, -0.2) is 21.7 Å². The van der Waals surface area contributed by atoms with Crippen LogP contribution in [0.2, 0.25) is 0 Å². The van der Waals surface area contributed by atoms with E-state index in [1.54, 1.807) is 0 Å². The molecule has 2 heterocycles. The van der Waals surface area contributed by atoms with Gasteiger partial charge in [-0.2, -0.15) is 5.26 Å². The molecule has 0 spiro atoms. The number of hydrogen-bond acceptors (Lipinski definition) is 4. The minimum Gasteiger partial charge on any atom is -0.360 e. The van der Waals surface area contributed by atoms with Gasteiger partial charge in [-0.1, -0.05) is 18.2 Å². The van der Waals surface area contributed by atoms with Gasteiger partial charge in [0.2, 0.25) is 5.95 Å². The Hall–Kier alpha value is -3.00. The Morgan fingerprint density at radius 2 is 2.16 bits per heavy atom. The molecule has 0 saturated heterocycles. The van der Waals surface area contributed by atoms with Crippen molar-refractivity contribution in [1.29, 1.82) is 5.26 Å². The number of fused-ring (bicyclic) bond motifs is 1. The second-order valence-corrected chi connectivity index (χ2v) is 3.95. The smallest absolute Gasteiger partial charge is 0.249 e. The first kappa shape index (κ1) is 11.1. The molecule has 5 nitrogen and oxygen atoms in total. The summed E-state index contributed by atoms with van der Waals surface area (Å²) in [6.45, 7) is 3.41. The highest BCUT2D eigenvalue weighted by molar-refractivity contribution is 5.95. The molecule has 1 N–H and O–H groups in total. The maximum atomic E-state index is 9.17. The molecule has 0 bridgehead atoms. The number of benzene rings is 1. The predicted molar refractivity (Wildman–Crippen MR) is 73.2 cm³/mol. The summed E-state index contributed by atoms with van der Waals surface area (Å²) in [6.07, 6.45) is 3.30. The van der Waals surface area contributed by atoms with Gasteiger partial charge >= 0.3 is 0 Å². The quantitative estimate of drug-likeness (QED) is 0.707. The minimum atomic E-state index is 0.263. The third-order valence-corrected chi connectivity index (χ3v) is 2.88. The monoisotopic (exact) mass is 247 g/mol. The highest BCUT2D eigenvalue weighted by Crippen LogP contribution is 2.29. The van der Waals surface area contributed by atoms with Gasteiger partial charge in [0.1, 0.15) is 6.07 Å². The zero-order chi connectivity index (χ0) is 13.2. The van der Waals surface area contributed by atoms with E-state index in [1.165, 1.54) is 6.20 Å². The van der Waals surface area contributed by atoms with Crippen molar-refractivity contribution in [2.24, 2.45) is 4.99 Å². The average Bonchev–Trinajstić information content (AvgIpc) is 2.90. The molecule has 0 fully saturated rings. The normalized spacial score (nSPS) is 10.3. The molecule has 5 heteroatoms. The standard InChI is InChI=1S/C14H9N5/c1-16-14-18-7-9(6-15)13(19-14)11-8-17-12-5-3-2-4-10(11)12/h2-5,7-8,17H,1H2. The number of para-hydroxylation sites is 1. The molecule has 2 aromatic heterocycles. The number of rotatable bonds is 2. The summed E-state index contributed by atoms with van der Waals surface area (Å²) < 4.78 is 0. The Bertz CT molecular complexity index is 810. The molecule has 0 aliphatic heterocycles. The predicted octanol–water partition coefficient (Wildman–Crippen LogP) is 2.83. The molecule has 0 saturated carbocycles. The Kier molecular flexibility index (Phi) is 2.54. The summed E-state index contributed by atoms with van der Waals surface area (Å²) in [6, 6.07) is 9.94. The van der Waals surface area contributed by atoms with Crippen molar-refractivity contribution >= 4 is 23.6 Å². The van der Waals surface area contributed by atoms with Crippen LogP contribution < -0.4 is 0 Å². The van der Waals surface area contributed by atoms with Gasteiger partial charge < -0.3 is 4.98 Å². The van der Waals surface area contributed by atoms with Crippen LogP contribution >= 0.6 is 0 Å². The van der Waals surface area contributed by atoms with Crippen LogP contribution in [0.5, 0.6) is 0 Å². The second-order valence-electron chi connectivity index (χ2n) is 3.95. The lowest BCUT2D eigenvalue weighted by Crippen LogP contribution is -1.91. The first-order valence-corrected chi connectivity index (χ1v) is 5.64. The van der Waals surface area contributed by atoms with Crippen molar-refractivity contribution in [2.75, 3.05) is 0 Å². The van der Waals surface area contributed by atoms with E-state index in [-0.39, 0.29) is 5.95 Å². The van der Waals surface area contributed by atoms with Crippen molar-refractivity contribution in [2.45, 2.75) is 0 Å². The van der Waals surface area contributed by atoms with Crippen LogP contribution in [0.15, 0.2) is 41.7 Å². The summed E-state index contributed by atoms with van der Waals surface area (Å²) in [5.41, 5.74) is 2.84. The molecule has 19 heavy (non-hydrogen) atoms. The SMILES string of the molecule is C=Nc1ncc(C#N)c(-c2c[nH]c3ccccc23)n1. The third kappa shape index (κ3) is 1.76. The Morgan fingerprint density at radius 3 is 2.95 bits per heavy atom. The van der Waals surface area contributed by atoms with Crippen molar-refractivity contribution in [1.82, 2.24) is 15.0 Å². The first-order chi connectivity index (χ1) is 9.33. The number of nitrogens with one attached hydrogen (secondary N) is 1. The van der Waals surface area contributed by atoms with E-state index in [0.29, 0.717) is 11.3 Å². The zero-order valence-corrected chi connectivity index (χ0v) is 9.96. The molecule has 0 aliphatic carbocycles. The van der Waals surface area contributed by atoms with Gasteiger partial charge in [-0.25, -0.2) is 15.0 Å². The molecule has 90 valence electrons. The molecule has 3 rings (SSSR count). The maximum absolute atomic E-state index is 9.17. The number of aromatic nitrogens is 3. The Labute approximate surface area is 109 Å². The number of H-pyrrole nitrogens is 1. The van der Waals surface area contributed by atoms with E-state index in [0.717, 1.165) is 16.5 Å². The molecule has 0 amide bonds. The van der Waals surface area contributed by atoms with E-state index in [1.807, 2.05) is 30.5 Å². The van der Waals surface area contributed by atoms with Crippen molar-refractivity contribution in [3.8, 4) is 17.3 Å². The van der Waals surface area contributed by atoms with Crippen molar-refractivity contribution in [3.63, 3.8) is 0 Å². The lowest BCUT2D eigenvalue weighted by atomic mass is 10.1. The maximum Gasteiger partial charge on any atom is 0.249 e. The summed E-state index contributed by atoms with van der Waals surface area (Å²) in [7, 11) is 0. The average molecular weight is 247 g/mol. The van der Waals surface area contributed by atoms with Crippen LogP contribution in [0.4, 0.5) is 5.95 Å². The summed E-state index contributed by atoms with van der Waals surface area (Å²) in [4.78, 5) is 15.1. The van der Waals surface area contributed by atoms with Gasteiger partial charge in [0.15, 0.2) is 0 Å². The topological polar surface area (TPSA) is 77.7 Å². The van der Waals surface area contributed by atoms with Gasteiger partial charge in [0.05, 0.1) is 17.5 Å². The molecular weight excluding hydrogens is 238 g/mol.